The van der Waals surface area contributed by atoms with Gasteiger partial charge in [-0.3, -0.25) is 4.98 Å². The Morgan fingerprint density at radius 2 is 2.12 bits per heavy atom. The number of hydrogen-bond donors (Lipinski definition) is 1. The summed E-state index contributed by atoms with van der Waals surface area (Å²) < 4.78 is 2.06. The molecule has 0 atom stereocenters. The molecular formula is C11H15N5. The molecule has 0 aromatic carbocycles. The summed E-state index contributed by atoms with van der Waals surface area (Å²) in [6.45, 7) is 3.80. The van der Waals surface area contributed by atoms with Crippen LogP contribution in [-0.4, -0.2) is 26.1 Å². The molecule has 2 rings (SSSR count). The van der Waals surface area contributed by atoms with Gasteiger partial charge in [-0.05, 0) is 13.3 Å². The van der Waals surface area contributed by atoms with E-state index in [0.29, 0.717) is 0 Å². The lowest BCUT2D eigenvalue weighted by Gasteiger charge is -2.07. The predicted molar refractivity (Wildman–Crippen MR) is 62.1 cm³/mol. The molecule has 2 aromatic rings. The van der Waals surface area contributed by atoms with Gasteiger partial charge in [0.15, 0.2) is 0 Å². The van der Waals surface area contributed by atoms with E-state index in [1.165, 1.54) is 0 Å². The minimum absolute atomic E-state index is 0.869. The van der Waals surface area contributed by atoms with Gasteiger partial charge in [0.05, 0.1) is 12.0 Å². The van der Waals surface area contributed by atoms with Crippen LogP contribution in [0.25, 0.3) is 0 Å². The van der Waals surface area contributed by atoms with Crippen molar-refractivity contribution >= 4 is 5.82 Å². The normalized spacial score (nSPS) is 10.3. The van der Waals surface area contributed by atoms with E-state index < -0.39 is 0 Å². The molecule has 5 heteroatoms. The highest BCUT2D eigenvalue weighted by molar-refractivity contribution is 5.37. The molecule has 0 aliphatic heterocycles. The Labute approximate surface area is 94.6 Å². The Bertz CT molecular complexity index is 424. The molecule has 5 nitrogen and oxygen atoms in total. The minimum Gasteiger partial charge on any atom is -0.369 e. The van der Waals surface area contributed by atoms with Crippen molar-refractivity contribution in [1.29, 1.82) is 0 Å². The second-order valence-electron chi connectivity index (χ2n) is 3.57. The number of rotatable bonds is 5. The van der Waals surface area contributed by atoms with Crippen LogP contribution in [0.5, 0.6) is 0 Å². The molecule has 1 N–H and O–H groups in total. The molecule has 84 valence electrons. The van der Waals surface area contributed by atoms with Crippen molar-refractivity contribution in [1.82, 2.24) is 19.5 Å². The van der Waals surface area contributed by atoms with Gasteiger partial charge in [0.2, 0.25) is 0 Å². The van der Waals surface area contributed by atoms with Crippen LogP contribution in [0.4, 0.5) is 5.82 Å². The predicted octanol–water partition coefficient (Wildman–Crippen LogP) is 1.48. The Morgan fingerprint density at radius 1 is 1.25 bits per heavy atom. The standard InChI is InChI=1S/C11H15N5/c1-10-11(15-5-4-13-10)14-3-2-7-16-8-6-12-9-16/h4-6,8-9H,2-3,7H2,1H3,(H,14,15). The summed E-state index contributed by atoms with van der Waals surface area (Å²) >= 11 is 0. The Kier molecular flexibility index (Phi) is 3.48. The third-order valence-electron chi connectivity index (χ3n) is 2.33. The number of imidazole rings is 1. The molecule has 0 radical (unpaired) electrons. The number of nitrogens with zero attached hydrogens (tertiary/aromatic N) is 4. The molecule has 0 aliphatic rings. The molecule has 0 bridgehead atoms. The SMILES string of the molecule is Cc1nccnc1NCCCn1ccnc1. The number of hydrogen-bond acceptors (Lipinski definition) is 4. The average Bonchev–Trinajstić information content (AvgIpc) is 2.79. The minimum atomic E-state index is 0.869. The second-order valence-corrected chi connectivity index (χ2v) is 3.57. The molecule has 0 saturated heterocycles. The fourth-order valence-corrected chi connectivity index (χ4v) is 1.47. The maximum atomic E-state index is 4.22. The molecule has 0 fully saturated rings. The number of aryl methyl sites for hydroxylation is 2. The zero-order valence-corrected chi connectivity index (χ0v) is 9.30. The number of aromatic nitrogens is 4. The van der Waals surface area contributed by atoms with E-state index in [1.807, 2.05) is 19.4 Å². The quantitative estimate of drug-likeness (QED) is 0.771. The molecule has 0 amide bonds. The van der Waals surface area contributed by atoms with E-state index >= 15 is 0 Å². The number of anilines is 1. The fraction of sp³-hybridized carbons (Fsp3) is 0.364. The smallest absolute Gasteiger partial charge is 0.147 e. The van der Waals surface area contributed by atoms with Crippen LogP contribution in [0.15, 0.2) is 31.1 Å². The third-order valence-corrected chi connectivity index (χ3v) is 2.33. The first-order valence-electron chi connectivity index (χ1n) is 5.33. The summed E-state index contributed by atoms with van der Waals surface area (Å²) in [7, 11) is 0. The average molecular weight is 217 g/mol. The molecule has 0 spiro atoms. The Hall–Kier alpha value is -1.91. The van der Waals surface area contributed by atoms with Crippen molar-refractivity contribution in [2.75, 3.05) is 11.9 Å². The van der Waals surface area contributed by atoms with E-state index in [4.69, 9.17) is 0 Å². The molecule has 0 unspecified atom stereocenters. The molecule has 2 aromatic heterocycles. The molecule has 0 aliphatic carbocycles. The summed E-state index contributed by atoms with van der Waals surface area (Å²) in [5.74, 6) is 0.869. The largest absolute Gasteiger partial charge is 0.369 e. The summed E-state index contributed by atoms with van der Waals surface area (Å²) in [5, 5.41) is 3.27. The lowest BCUT2D eigenvalue weighted by molar-refractivity contribution is 0.659. The highest BCUT2D eigenvalue weighted by Crippen LogP contribution is 2.05. The van der Waals surface area contributed by atoms with Gasteiger partial charge in [0.1, 0.15) is 5.82 Å². The summed E-state index contributed by atoms with van der Waals surface area (Å²) in [4.78, 5) is 12.4. The van der Waals surface area contributed by atoms with Gasteiger partial charge in [0, 0.05) is 37.9 Å². The highest BCUT2D eigenvalue weighted by atomic mass is 15.0. The second kappa shape index (κ2) is 5.25. The first-order valence-corrected chi connectivity index (χ1v) is 5.33. The zero-order valence-electron chi connectivity index (χ0n) is 9.30. The molecule has 2 heterocycles. The Balaban J connectivity index is 1.74. The van der Waals surface area contributed by atoms with Gasteiger partial charge in [-0.15, -0.1) is 0 Å². The van der Waals surface area contributed by atoms with Crippen LogP contribution in [0.1, 0.15) is 12.1 Å². The van der Waals surface area contributed by atoms with Gasteiger partial charge >= 0.3 is 0 Å². The van der Waals surface area contributed by atoms with Crippen molar-refractivity contribution < 1.29 is 0 Å². The van der Waals surface area contributed by atoms with Crippen molar-refractivity contribution in [3.8, 4) is 0 Å². The van der Waals surface area contributed by atoms with E-state index in [1.54, 1.807) is 18.6 Å². The van der Waals surface area contributed by atoms with Crippen molar-refractivity contribution in [3.05, 3.63) is 36.8 Å². The van der Waals surface area contributed by atoms with Crippen LogP contribution in [0, 0.1) is 6.92 Å². The van der Waals surface area contributed by atoms with Gasteiger partial charge in [-0.2, -0.15) is 0 Å². The third kappa shape index (κ3) is 2.79. The first-order chi connectivity index (χ1) is 7.86. The summed E-state index contributed by atoms with van der Waals surface area (Å²) in [6, 6.07) is 0. The monoisotopic (exact) mass is 217 g/mol. The molecule has 16 heavy (non-hydrogen) atoms. The van der Waals surface area contributed by atoms with Crippen LogP contribution >= 0.6 is 0 Å². The zero-order chi connectivity index (χ0) is 11.2. The fourth-order valence-electron chi connectivity index (χ4n) is 1.47. The molecular weight excluding hydrogens is 202 g/mol. The van der Waals surface area contributed by atoms with Crippen LogP contribution in [0.3, 0.4) is 0 Å². The van der Waals surface area contributed by atoms with Crippen LogP contribution < -0.4 is 5.32 Å². The van der Waals surface area contributed by atoms with Crippen LogP contribution in [-0.2, 0) is 6.54 Å². The summed E-state index contributed by atoms with van der Waals surface area (Å²) in [5.41, 5.74) is 0.935. The lowest BCUT2D eigenvalue weighted by atomic mass is 10.4. The maximum Gasteiger partial charge on any atom is 0.147 e. The highest BCUT2D eigenvalue weighted by Gasteiger charge is 1.97. The van der Waals surface area contributed by atoms with Gasteiger partial charge in [0.25, 0.3) is 0 Å². The topological polar surface area (TPSA) is 55.6 Å². The summed E-state index contributed by atoms with van der Waals surface area (Å²) in [6.07, 6.45) is 10.0. The van der Waals surface area contributed by atoms with E-state index in [2.05, 4.69) is 24.8 Å². The van der Waals surface area contributed by atoms with Crippen LogP contribution in [0.2, 0.25) is 0 Å². The lowest BCUT2D eigenvalue weighted by Crippen LogP contribution is -2.08. The Morgan fingerprint density at radius 3 is 2.88 bits per heavy atom. The van der Waals surface area contributed by atoms with Gasteiger partial charge in [-0.1, -0.05) is 0 Å². The van der Waals surface area contributed by atoms with Crippen molar-refractivity contribution in [2.24, 2.45) is 0 Å². The van der Waals surface area contributed by atoms with Gasteiger partial charge < -0.3 is 9.88 Å². The van der Waals surface area contributed by atoms with E-state index in [0.717, 1.165) is 31.0 Å². The van der Waals surface area contributed by atoms with E-state index in [-0.39, 0.29) is 0 Å². The number of nitrogens with one attached hydrogen (secondary N) is 1. The first kappa shape index (κ1) is 10.6. The van der Waals surface area contributed by atoms with E-state index in [9.17, 15) is 0 Å². The van der Waals surface area contributed by atoms with Crippen molar-refractivity contribution in [3.63, 3.8) is 0 Å². The molecule has 0 saturated carbocycles. The van der Waals surface area contributed by atoms with Crippen molar-refractivity contribution in [2.45, 2.75) is 19.9 Å². The van der Waals surface area contributed by atoms with Gasteiger partial charge in [-0.25, -0.2) is 9.97 Å². The maximum absolute atomic E-state index is 4.22.